The molecule has 27 heavy (non-hydrogen) atoms. The molecule has 2 N–H and O–H groups in total. The van der Waals surface area contributed by atoms with Crippen molar-refractivity contribution in [1.82, 2.24) is 19.8 Å². The molecule has 1 aliphatic heterocycles. The van der Waals surface area contributed by atoms with Gasteiger partial charge in [0.2, 0.25) is 15.9 Å². The van der Waals surface area contributed by atoms with E-state index in [1.807, 2.05) is 18.7 Å². The summed E-state index contributed by atoms with van der Waals surface area (Å²) in [7, 11) is -3.58. The van der Waals surface area contributed by atoms with Crippen molar-refractivity contribution >= 4 is 33.6 Å². The lowest BCUT2D eigenvalue weighted by Crippen LogP contribution is -2.52. The average Bonchev–Trinajstić information content (AvgIpc) is 2.60. The van der Waals surface area contributed by atoms with Gasteiger partial charge in [-0.25, -0.2) is 13.2 Å². The number of imide groups is 1. The standard InChI is InChI=1S/C17H25ClN4O4S/c1-13(2)11-19-17(24)20-16(23)12-21-7-9-22(10-8-21)27(25,26)15-5-3-14(18)4-6-15/h3-6,13H,7-12H2,1-2H3,(H2,19,20,23,24). The molecule has 0 bridgehead atoms. The number of hydrogen-bond acceptors (Lipinski definition) is 5. The van der Waals surface area contributed by atoms with Crippen molar-refractivity contribution in [3.8, 4) is 0 Å². The zero-order valence-electron chi connectivity index (χ0n) is 15.4. The van der Waals surface area contributed by atoms with Gasteiger partial charge >= 0.3 is 6.03 Å². The number of carbonyl (C=O) groups is 2. The van der Waals surface area contributed by atoms with Gasteiger partial charge in [-0.1, -0.05) is 25.4 Å². The maximum atomic E-state index is 12.6. The van der Waals surface area contributed by atoms with Crippen LogP contribution < -0.4 is 10.6 Å². The summed E-state index contributed by atoms with van der Waals surface area (Å²) in [4.78, 5) is 25.6. The third kappa shape index (κ3) is 6.46. The number of amides is 3. The van der Waals surface area contributed by atoms with E-state index in [-0.39, 0.29) is 24.5 Å². The zero-order chi connectivity index (χ0) is 20.0. The largest absolute Gasteiger partial charge is 0.338 e. The Labute approximate surface area is 164 Å². The van der Waals surface area contributed by atoms with Gasteiger partial charge in [0.05, 0.1) is 11.4 Å². The lowest BCUT2D eigenvalue weighted by atomic mass is 10.2. The van der Waals surface area contributed by atoms with Crippen molar-refractivity contribution in [2.24, 2.45) is 5.92 Å². The summed E-state index contributed by atoms with van der Waals surface area (Å²) in [6.07, 6.45) is 0. The smallest absolute Gasteiger partial charge is 0.321 e. The summed E-state index contributed by atoms with van der Waals surface area (Å²) in [6.45, 7) is 5.82. The minimum absolute atomic E-state index is 0.0456. The molecular formula is C17H25ClN4O4S. The highest BCUT2D eigenvalue weighted by atomic mass is 35.5. The molecule has 1 aromatic rings. The van der Waals surface area contributed by atoms with Gasteiger partial charge in [0.25, 0.3) is 0 Å². The highest BCUT2D eigenvalue weighted by molar-refractivity contribution is 7.89. The fourth-order valence-electron chi connectivity index (χ4n) is 2.59. The number of urea groups is 1. The van der Waals surface area contributed by atoms with Crippen LogP contribution in [0.5, 0.6) is 0 Å². The maximum absolute atomic E-state index is 12.6. The van der Waals surface area contributed by atoms with Crippen LogP contribution in [0.15, 0.2) is 29.2 Å². The molecule has 150 valence electrons. The number of nitrogens with one attached hydrogen (secondary N) is 2. The van der Waals surface area contributed by atoms with Gasteiger partial charge < -0.3 is 5.32 Å². The lowest BCUT2D eigenvalue weighted by molar-refractivity contribution is -0.121. The number of halogens is 1. The SMILES string of the molecule is CC(C)CNC(=O)NC(=O)CN1CCN(S(=O)(=O)c2ccc(Cl)cc2)CC1. The first-order valence-electron chi connectivity index (χ1n) is 8.74. The summed E-state index contributed by atoms with van der Waals surface area (Å²) in [5, 5.41) is 5.37. The van der Waals surface area contributed by atoms with Crippen LogP contribution in [0.4, 0.5) is 4.79 Å². The van der Waals surface area contributed by atoms with E-state index in [0.29, 0.717) is 30.6 Å². The van der Waals surface area contributed by atoms with Crippen LogP contribution in [-0.2, 0) is 14.8 Å². The van der Waals surface area contributed by atoms with Crippen molar-refractivity contribution in [2.75, 3.05) is 39.3 Å². The quantitative estimate of drug-likeness (QED) is 0.724. The van der Waals surface area contributed by atoms with E-state index in [9.17, 15) is 18.0 Å². The summed E-state index contributed by atoms with van der Waals surface area (Å²) in [5.41, 5.74) is 0. The molecule has 2 rings (SSSR count). The van der Waals surface area contributed by atoms with Gasteiger partial charge in [0, 0.05) is 37.7 Å². The number of sulfonamides is 1. The molecule has 1 aliphatic rings. The Kier molecular flexibility index (Phi) is 7.60. The fraction of sp³-hybridized carbons (Fsp3) is 0.529. The van der Waals surface area contributed by atoms with Crippen molar-refractivity contribution in [3.63, 3.8) is 0 Å². The van der Waals surface area contributed by atoms with Crippen molar-refractivity contribution in [1.29, 1.82) is 0 Å². The van der Waals surface area contributed by atoms with Gasteiger partial charge in [-0.15, -0.1) is 0 Å². The number of benzene rings is 1. The third-order valence-corrected chi connectivity index (χ3v) is 6.24. The summed E-state index contributed by atoms with van der Waals surface area (Å²) >= 11 is 5.80. The predicted molar refractivity (Wildman–Crippen MR) is 103 cm³/mol. The molecule has 0 aromatic heterocycles. The van der Waals surface area contributed by atoms with Crippen molar-refractivity contribution in [3.05, 3.63) is 29.3 Å². The van der Waals surface area contributed by atoms with Crippen LogP contribution in [0.1, 0.15) is 13.8 Å². The molecule has 10 heteroatoms. The Morgan fingerprint density at radius 3 is 2.26 bits per heavy atom. The lowest BCUT2D eigenvalue weighted by Gasteiger charge is -2.33. The molecule has 0 unspecified atom stereocenters. The molecule has 0 radical (unpaired) electrons. The van der Waals surface area contributed by atoms with E-state index in [4.69, 9.17) is 11.6 Å². The van der Waals surface area contributed by atoms with Gasteiger partial charge in [-0.2, -0.15) is 4.31 Å². The summed E-state index contributed by atoms with van der Waals surface area (Å²) in [5.74, 6) is -0.119. The Morgan fingerprint density at radius 1 is 1.11 bits per heavy atom. The van der Waals surface area contributed by atoms with E-state index < -0.39 is 22.0 Å². The molecule has 8 nitrogen and oxygen atoms in total. The Bertz CT molecular complexity index is 760. The molecule has 0 aliphatic carbocycles. The summed E-state index contributed by atoms with van der Waals surface area (Å²) < 4.78 is 26.7. The second-order valence-electron chi connectivity index (χ2n) is 6.79. The molecule has 0 spiro atoms. The van der Waals surface area contributed by atoms with E-state index in [0.717, 1.165) is 0 Å². The first kappa shape index (κ1) is 21.6. The molecule has 0 saturated carbocycles. The minimum Gasteiger partial charge on any atom is -0.338 e. The number of carbonyl (C=O) groups excluding carboxylic acids is 2. The number of rotatable bonds is 6. The summed E-state index contributed by atoms with van der Waals surface area (Å²) in [6, 6.07) is 5.52. The Morgan fingerprint density at radius 2 is 1.70 bits per heavy atom. The number of hydrogen-bond donors (Lipinski definition) is 2. The van der Waals surface area contributed by atoms with Gasteiger partial charge in [0.15, 0.2) is 0 Å². The van der Waals surface area contributed by atoms with Gasteiger partial charge in [-0.3, -0.25) is 15.0 Å². The van der Waals surface area contributed by atoms with Crippen LogP contribution in [0, 0.1) is 5.92 Å². The second-order valence-corrected chi connectivity index (χ2v) is 9.16. The Balaban J connectivity index is 1.82. The average molecular weight is 417 g/mol. The highest BCUT2D eigenvalue weighted by Crippen LogP contribution is 2.19. The normalized spacial score (nSPS) is 16.3. The van der Waals surface area contributed by atoms with Gasteiger partial charge in [0.1, 0.15) is 0 Å². The van der Waals surface area contributed by atoms with Crippen molar-refractivity contribution in [2.45, 2.75) is 18.7 Å². The molecule has 1 fully saturated rings. The third-order valence-electron chi connectivity index (χ3n) is 4.07. The van der Waals surface area contributed by atoms with E-state index in [1.54, 1.807) is 12.1 Å². The molecule has 1 aromatic carbocycles. The topological polar surface area (TPSA) is 98.8 Å². The first-order chi connectivity index (χ1) is 12.7. The van der Waals surface area contributed by atoms with Crippen molar-refractivity contribution < 1.29 is 18.0 Å². The van der Waals surface area contributed by atoms with Crippen LogP contribution >= 0.6 is 11.6 Å². The minimum atomic E-state index is -3.58. The molecule has 1 heterocycles. The first-order valence-corrected chi connectivity index (χ1v) is 10.6. The van der Waals surface area contributed by atoms with Crippen LogP contribution in [0.25, 0.3) is 0 Å². The predicted octanol–water partition coefficient (Wildman–Crippen LogP) is 1.13. The van der Waals surface area contributed by atoms with Crippen LogP contribution in [0.2, 0.25) is 5.02 Å². The molecular weight excluding hydrogens is 392 g/mol. The Hall–Kier alpha value is -1.68. The van der Waals surface area contributed by atoms with Crippen LogP contribution in [0.3, 0.4) is 0 Å². The number of nitrogens with zero attached hydrogens (tertiary/aromatic N) is 2. The highest BCUT2D eigenvalue weighted by Gasteiger charge is 2.29. The maximum Gasteiger partial charge on any atom is 0.321 e. The van der Waals surface area contributed by atoms with Crippen LogP contribution in [-0.4, -0.2) is 68.8 Å². The zero-order valence-corrected chi connectivity index (χ0v) is 17.0. The second kappa shape index (κ2) is 9.50. The molecule has 1 saturated heterocycles. The van der Waals surface area contributed by atoms with E-state index >= 15 is 0 Å². The monoisotopic (exact) mass is 416 g/mol. The number of piperazine rings is 1. The molecule has 0 atom stereocenters. The van der Waals surface area contributed by atoms with E-state index in [2.05, 4.69) is 10.6 Å². The molecule has 3 amide bonds. The fourth-order valence-corrected chi connectivity index (χ4v) is 4.14. The van der Waals surface area contributed by atoms with E-state index in [1.165, 1.54) is 16.4 Å². The van der Waals surface area contributed by atoms with Gasteiger partial charge in [-0.05, 0) is 30.2 Å².